The van der Waals surface area contributed by atoms with E-state index in [9.17, 15) is 14.4 Å². The van der Waals surface area contributed by atoms with Gasteiger partial charge in [0.1, 0.15) is 11.8 Å². The summed E-state index contributed by atoms with van der Waals surface area (Å²) in [5.41, 5.74) is 1.75. The number of carbonyl (C=O) groups excluding carboxylic acids is 3. The quantitative estimate of drug-likeness (QED) is 0.350. The molecular formula is C22H17ClN2O4. The molecule has 1 aliphatic heterocycles. The topological polar surface area (TPSA) is 76.6 Å². The number of amides is 2. The van der Waals surface area contributed by atoms with Crippen LogP contribution in [0.3, 0.4) is 0 Å². The van der Waals surface area contributed by atoms with E-state index in [0.29, 0.717) is 28.1 Å². The fraction of sp³-hybridized carbons (Fsp3) is 0.182. The van der Waals surface area contributed by atoms with Gasteiger partial charge in [0.05, 0.1) is 0 Å². The molecule has 0 N–H and O–H groups in total. The summed E-state index contributed by atoms with van der Waals surface area (Å²) in [5, 5.41) is 1.92. The number of pyridine rings is 1. The summed E-state index contributed by atoms with van der Waals surface area (Å²) >= 11 is 5.72. The number of aromatic nitrogens is 1. The number of benzene rings is 2. The van der Waals surface area contributed by atoms with Crippen LogP contribution in [0.1, 0.15) is 39.1 Å². The van der Waals surface area contributed by atoms with E-state index in [4.69, 9.17) is 16.3 Å². The molecule has 4 rings (SSSR count). The minimum atomic E-state index is -0.403. The Hall–Kier alpha value is -3.25. The molecule has 1 aromatic heterocycles. The van der Waals surface area contributed by atoms with E-state index in [0.717, 1.165) is 10.9 Å². The molecule has 0 saturated heterocycles. The number of carbonyl (C=O) groups is 3. The third kappa shape index (κ3) is 3.84. The van der Waals surface area contributed by atoms with E-state index in [1.54, 1.807) is 42.6 Å². The fourth-order valence-corrected chi connectivity index (χ4v) is 3.50. The first-order chi connectivity index (χ1) is 14.0. The van der Waals surface area contributed by atoms with Crippen molar-refractivity contribution in [2.75, 3.05) is 6.54 Å². The highest BCUT2D eigenvalue weighted by Crippen LogP contribution is 2.30. The van der Waals surface area contributed by atoms with Crippen molar-refractivity contribution in [2.45, 2.75) is 19.4 Å². The monoisotopic (exact) mass is 408 g/mol. The molecule has 0 atom stereocenters. The predicted molar refractivity (Wildman–Crippen MR) is 108 cm³/mol. The molecular weight excluding hydrogens is 392 g/mol. The van der Waals surface area contributed by atoms with Crippen LogP contribution in [-0.2, 0) is 16.1 Å². The maximum absolute atomic E-state index is 12.8. The lowest BCUT2D eigenvalue weighted by Gasteiger charge is -2.27. The molecule has 29 heavy (non-hydrogen) atoms. The Labute approximate surface area is 172 Å². The Morgan fingerprint density at radius 2 is 1.69 bits per heavy atom. The second kappa shape index (κ2) is 8.01. The van der Waals surface area contributed by atoms with Gasteiger partial charge in [0.25, 0.3) is 11.8 Å². The van der Waals surface area contributed by atoms with Crippen molar-refractivity contribution >= 4 is 40.2 Å². The summed E-state index contributed by atoms with van der Waals surface area (Å²) in [7, 11) is 0. The molecule has 0 saturated carbocycles. The normalized spacial score (nSPS) is 13.1. The fourth-order valence-electron chi connectivity index (χ4n) is 3.39. The van der Waals surface area contributed by atoms with E-state index in [2.05, 4.69) is 4.98 Å². The number of esters is 1. The lowest BCUT2D eigenvalue weighted by molar-refractivity contribution is -0.145. The van der Waals surface area contributed by atoms with Crippen LogP contribution in [0.15, 0.2) is 54.7 Å². The molecule has 2 heterocycles. The number of hydrogen-bond acceptors (Lipinski definition) is 5. The first kappa shape index (κ1) is 19.1. The molecule has 7 heteroatoms. The van der Waals surface area contributed by atoms with Crippen molar-refractivity contribution in [1.82, 2.24) is 9.88 Å². The molecule has 0 aliphatic carbocycles. The van der Waals surface area contributed by atoms with Gasteiger partial charge in [-0.1, -0.05) is 41.9 Å². The summed E-state index contributed by atoms with van der Waals surface area (Å²) in [4.78, 5) is 42.7. The number of rotatable bonds is 6. The van der Waals surface area contributed by atoms with Gasteiger partial charge >= 0.3 is 5.97 Å². The van der Waals surface area contributed by atoms with Gasteiger partial charge in [0.15, 0.2) is 0 Å². The van der Waals surface area contributed by atoms with E-state index >= 15 is 0 Å². The summed E-state index contributed by atoms with van der Waals surface area (Å²) in [6.45, 7) is 0.250. The molecule has 0 spiro atoms. The van der Waals surface area contributed by atoms with Gasteiger partial charge in [-0.2, -0.15) is 0 Å². The number of hydrogen-bond donors (Lipinski definition) is 0. The molecule has 1 aliphatic rings. The van der Waals surface area contributed by atoms with Crippen LogP contribution in [0.2, 0.25) is 5.15 Å². The predicted octanol–water partition coefficient (Wildman–Crippen LogP) is 4.01. The molecule has 0 fully saturated rings. The van der Waals surface area contributed by atoms with Crippen LogP contribution in [-0.4, -0.2) is 34.2 Å². The minimum absolute atomic E-state index is 0.0972. The lowest BCUT2D eigenvalue weighted by atomic mass is 9.94. The van der Waals surface area contributed by atoms with Crippen LogP contribution in [0.4, 0.5) is 0 Å². The average Bonchev–Trinajstić information content (AvgIpc) is 2.74. The molecule has 3 aromatic rings. The zero-order valence-electron chi connectivity index (χ0n) is 15.4. The van der Waals surface area contributed by atoms with Gasteiger partial charge in [-0.05, 0) is 30.0 Å². The van der Waals surface area contributed by atoms with E-state index in [1.165, 1.54) is 4.90 Å². The number of nitrogens with zero attached hydrogens (tertiary/aromatic N) is 2. The van der Waals surface area contributed by atoms with Crippen LogP contribution in [0.5, 0.6) is 0 Å². The third-order valence-electron chi connectivity index (χ3n) is 4.81. The zero-order valence-corrected chi connectivity index (χ0v) is 16.2. The highest BCUT2D eigenvalue weighted by atomic mass is 35.5. The number of ether oxygens (including phenoxy) is 1. The van der Waals surface area contributed by atoms with Gasteiger partial charge in [-0.3, -0.25) is 19.3 Å². The van der Waals surface area contributed by atoms with Crippen LogP contribution < -0.4 is 0 Å². The van der Waals surface area contributed by atoms with Crippen molar-refractivity contribution < 1.29 is 19.1 Å². The maximum Gasteiger partial charge on any atom is 0.306 e. The first-order valence-corrected chi connectivity index (χ1v) is 9.56. The largest absolute Gasteiger partial charge is 0.461 e. The van der Waals surface area contributed by atoms with Gasteiger partial charge < -0.3 is 4.74 Å². The van der Waals surface area contributed by atoms with Crippen LogP contribution >= 0.6 is 11.6 Å². The van der Waals surface area contributed by atoms with Crippen molar-refractivity contribution in [3.63, 3.8) is 0 Å². The Morgan fingerprint density at radius 3 is 2.31 bits per heavy atom. The van der Waals surface area contributed by atoms with Crippen LogP contribution in [0.25, 0.3) is 10.8 Å². The number of imide groups is 1. The van der Waals surface area contributed by atoms with E-state index < -0.39 is 5.97 Å². The summed E-state index contributed by atoms with van der Waals surface area (Å²) in [5.74, 6) is -1.07. The maximum atomic E-state index is 12.8. The number of halogens is 1. The van der Waals surface area contributed by atoms with Crippen molar-refractivity contribution in [3.8, 4) is 0 Å². The Morgan fingerprint density at radius 1 is 1.00 bits per heavy atom. The van der Waals surface area contributed by atoms with Crippen molar-refractivity contribution in [1.29, 1.82) is 0 Å². The Balaban J connectivity index is 1.36. The minimum Gasteiger partial charge on any atom is -0.461 e. The van der Waals surface area contributed by atoms with E-state index in [1.807, 2.05) is 12.1 Å². The van der Waals surface area contributed by atoms with Crippen molar-refractivity contribution in [3.05, 3.63) is 76.6 Å². The van der Waals surface area contributed by atoms with Gasteiger partial charge in [-0.15, -0.1) is 0 Å². The molecule has 0 radical (unpaired) electrons. The SMILES string of the molecule is O=C(CCCN1C(=O)c2cccc3cccc(c23)C1=O)OCc1ccc(Cl)nc1. The molecule has 0 bridgehead atoms. The highest BCUT2D eigenvalue weighted by molar-refractivity contribution is 6.29. The summed E-state index contributed by atoms with van der Waals surface area (Å²) in [6, 6.07) is 14.2. The average molecular weight is 409 g/mol. The third-order valence-corrected chi connectivity index (χ3v) is 5.03. The molecule has 2 amide bonds. The van der Waals surface area contributed by atoms with Gasteiger partial charge in [0.2, 0.25) is 0 Å². The summed E-state index contributed by atoms with van der Waals surface area (Å²) < 4.78 is 5.20. The lowest BCUT2D eigenvalue weighted by Crippen LogP contribution is -2.41. The van der Waals surface area contributed by atoms with Crippen LogP contribution in [0, 0.1) is 0 Å². The zero-order chi connectivity index (χ0) is 20.4. The Bertz CT molecular complexity index is 1060. The standard InChI is InChI=1S/C22H17ClN2O4/c23-18-10-9-14(12-24-18)13-29-19(26)8-3-11-25-21(27)16-6-1-4-15-5-2-7-17(20(15)16)22(25)28/h1-2,4-7,9-10,12H,3,8,11,13H2. The second-order valence-electron chi connectivity index (χ2n) is 6.72. The smallest absolute Gasteiger partial charge is 0.306 e. The molecule has 6 nitrogen and oxygen atoms in total. The second-order valence-corrected chi connectivity index (χ2v) is 7.11. The van der Waals surface area contributed by atoms with E-state index in [-0.39, 0.29) is 31.4 Å². The van der Waals surface area contributed by atoms with Gasteiger partial charge in [-0.25, -0.2) is 4.98 Å². The Kier molecular flexibility index (Phi) is 5.27. The van der Waals surface area contributed by atoms with Gasteiger partial charge in [0, 0.05) is 41.2 Å². The highest BCUT2D eigenvalue weighted by Gasteiger charge is 2.32. The van der Waals surface area contributed by atoms with Crippen molar-refractivity contribution in [2.24, 2.45) is 0 Å². The first-order valence-electron chi connectivity index (χ1n) is 9.18. The molecule has 2 aromatic carbocycles. The molecule has 0 unspecified atom stereocenters. The summed E-state index contributed by atoms with van der Waals surface area (Å²) in [6.07, 6.45) is 1.97. The molecule has 146 valence electrons.